The van der Waals surface area contributed by atoms with Crippen molar-refractivity contribution in [3.8, 4) is 5.75 Å². The van der Waals surface area contributed by atoms with E-state index in [1.807, 2.05) is 37.3 Å². The number of nitrogens with one attached hydrogen (secondary N) is 2. The molecule has 4 rings (SSSR count). The maximum atomic E-state index is 13.6. The fraction of sp³-hybridized carbons (Fsp3) is 0.323. The standard InChI is InChI=1S/C31H35FN4O5/c1-20-17-36(21(2)19-37)30(39)26-16-25(33-29(38)15-22-7-5-4-6-8-22)13-14-27(26)41-28(20)18-35(3)31(40)34-24-11-9-23(32)10-12-24/h4-14,16,20-21,28,37H,15,17-19H2,1-3H3,(H,33,38)(H,34,40)/t20-,21-,28-/m1/s1. The highest BCUT2D eigenvalue weighted by Crippen LogP contribution is 2.31. The van der Waals surface area contributed by atoms with Crippen molar-refractivity contribution in [1.82, 2.24) is 9.80 Å². The molecule has 0 fully saturated rings. The normalized spacial score (nSPS) is 17.4. The molecule has 0 aromatic heterocycles. The van der Waals surface area contributed by atoms with Gasteiger partial charge in [-0.2, -0.15) is 0 Å². The number of rotatable bonds is 8. The zero-order valence-electron chi connectivity index (χ0n) is 23.3. The topological polar surface area (TPSA) is 111 Å². The van der Waals surface area contributed by atoms with Crippen LogP contribution in [0.3, 0.4) is 0 Å². The zero-order valence-corrected chi connectivity index (χ0v) is 23.3. The van der Waals surface area contributed by atoms with E-state index in [-0.39, 0.29) is 49.4 Å². The van der Waals surface area contributed by atoms with Crippen LogP contribution in [0.2, 0.25) is 0 Å². The van der Waals surface area contributed by atoms with Gasteiger partial charge in [0.1, 0.15) is 17.7 Å². The minimum absolute atomic E-state index is 0.182. The third-order valence-electron chi connectivity index (χ3n) is 7.05. The number of carbonyl (C=O) groups is 3. The van der Waals surface area contributed by atoms with Gasteiger partial charge in [-0.15, -0.1) is 0 Å². The zero-order chi connectivity index (χ0) is 29.5. The summed E-state index contributed by atoms with van der Waals surface area (Å²) >= 11 is 0. The number of benzene rings is 3. The molecule has 1 heterocycles. The number of ether oxygens (including phenoxy) is 1. The Morgan fingerprint density at radius 3 is 2.44 bits per heavy atom. The summed E-state index contributed by atoms with van der Waals surface area (Å²) in [5.41, 5.74) is 2.01. The van der Waals surface area contributed by atoms with Crippen molar-refractivity contribution in [2.75, 3.05) is 37.4 Å². The Hall–Kier alpha value is -4.44. The predicted octanol–water partition coefficient (Wildman–Crippen LogP) is 4.39. The Bertz CT molecular complexity index is 1370. The molecule has 216 valence electrons. The van der Waals surface area contributed by atoms with E-state index in [0.717, 1.165) is 5.56 Å². The van der Waals surface area contributed by atoms with Gasteiger partial charge < -0.3 is 30.3 Å². The molecule has 3 aromatic rings. The lowest BCUT2D eigenvalue weighted by atomic mass is 9.99. The first kappa shape index (κ1) is 29.5. The molecule has 0 unspecified atom stereocenters. The molecule has 3 N–H and O–H groups in total. The second-order valence-corrected chi connectivity index (χ2v) is 10.4. The molecule has 0 bridgehead atoms. The Kier molecular flexibility index (Phi) is 9.57. The largest absolute Gasteiger partial charge is 0.487 e. The van der Waals surface area contributed by atoms with Gasteiger partial charge >= 0.3 is 6.03 Å². The van der Waals surface area contributed by atoms with E-state index in [1.54, 1.807) is 37.1 Å². The summed E-state index contributed by atoms with van der Waals surface area (Å²) in [5, 5.41) is 15.5. The quantitative estimate of drug-likeness (QED) is 0.377. The number of hydrogen-bond acceptors (Lipinski definition) is 5. The number of aliphatic hydroxyl groups excluding tert-OH is 1. The average molecular weight is 563 g/mol. The minimum atomic E-state index is -0.502. The van der Waals surface area contributed by atoms with Gasteiger partial charge in [0.15, 0.2) is 0 Å². The van der Waals surface area contributed by atoms with Crippen LogP contribution in [0, 0.1) is 11.7 Å². The molecule has 1 aliphatic rings. The van der Waals surface area contributed by atoms with Crippen LogP contribution in [0.15, 0.2) is 72.8 Å². The Morgan fingerprint density at radius 1 is 1.07 bits per heavy atom. The first-order valence-electron chi connectivity index (χ1n) is 13.5. The summed E-state index contributed by atoms with van der Waals surface area (Å²) in [6.45, 7) is 3.92. The maximum absolute atomic E-state index is 13.6. The number of urea groups is 1. The number of nitrogens with zero attached hydrogens (tertiary/aromatic N) is 2. The van der Waals surface area contributed by atoms with E-state index in [0.29, 0.717) is 17.1 Å². The smallest absolute Gasteiger partial charge is 0.321 e. The van der Waals surface area contributed by atoms with Crippen molar-refractivity contribution < 1.29 is 28.6 Å². The summed E-state index contributed by atoms with van der Waals surface area (Å²) in [7, 11) is 1.62. The highest BCUT2D eigenvalue weighted by molar-refractivity contribution is 6.00. The fourth-order valence-electron chi connectivity index (χ4n) is 4.61. The summed E-state index contributed by atoms with van der Waals surface area (Å²) < 4.78 is 19.6. The van der Waals surface area contributed by atoms with Crippen molar-refractivity contribution >= 4 is 29.2 Å². The van der Waals surface area contributed by atoms with Crippen LogP contribution in [0.4, 0.5) is 20.6 Å². The summed E-state index contributed by atoms with van der Waals surface area (Å²) in [5.74, 6) is -0.839. The van der Waals surface area contributed by atoms with Gasteiger partial charge in [-0.05, 0) is 55.0 Å². The highest BCUT2D eigenvalue weighted by atomic mass is 19.1. The number of carbonyl (C=O) groups excluding carboxylic acids is 3. The third kappa shape index (κ3) is 7.61. The lowest BCUT2D eigenvalue weighted by Crippen LogP contribution is -2.50. The lowest BCUT2D eigenvalue weighted by molar-refractivity contribution is -0.115. The fourth-order valence-corrected chi connectivity index (χ4v) is 4.61. The van der Waals surface area contributed by atoms with E-state index in [2.05, 4.69) is 10.6 Å². The van der Waals surface area contributed by atoms with Gasteiger partial charge in [-0.3, -0.25) is 9.59 Å². The summed E-state index contributed by atoms with van der Waals surface area (Å²) in [4.78, 5) is 42.2. The highest BCUT2D eigenvalue weighted by Gasteiger charge is 2.34. The van der Waals surface area contributed by atoms with E-state index in [9.17, 15) is 23.9 Å². The van der Waals surface area contributed by atoms with E-state index in [1.165, 1.54) is 29.2 Å². The monoisotopic (exact) mass is 562 g/mol. The molecule has 0 saturated carbocycles. The first-order chi connectivity index (χ1) is 19.6. The second-order valence-electron chi connectivity index (χ2n) is 10.4. The van der Waals surface area contributed by atoms with Crippen LogP contribution in [-0.2, 0) is 11.2 Å². The molecule has 1 aliphatic heterocycles. The molecule has 41 heavy (non-hydrogen) atoms. The van der Waals surface area contributed by atoms with Crippen LogP contribution in [0.1, 0.15) is 29.8 Å². The number of likely N-dealkylation sites (N-methyl/N-ethyl adjacent to an activating group) is 1. The van der Waals surface area contributed by atoms with Crippen molar-refractivity contribution in [2.45, 2.75) is 32.4 Å². The van der Waals surface area contributed by atoms with Crippen LogP contribution in [0.5, 0.6) is 5.75 Å². The van der Waals surface area contributed by atoms with Gasteiger partial charge in [0.05, 0.1) is 31.2 Å². The molecule has 3 aromatic carbocycles. The van der Waals surface area contributed by atoms with Crippen molar-refractivity contribution in [3.05, 3.63) is 89.7 Å². The number of anilines is 2. The SMILES string of the molecule is C[C@@H]1CN([C@H](C)CO)C(=O)c2cc(NC(=O)Cc3ccccc3)ccc2O[C@@H]1CN(C)C(=O)Nc1ccc(F)cc1. The molecule has 9 nitrogen and oxygen atoms in total. The lowest BCUT2D eigenvalue weighted by Gasteiger charge is -2.38. The van der Waals surface area contributed by atoms with Crippen LogP contribution in [0.25, 0.3) is 0 Å². The van der Waals surface area contributed by atoms with Crippen molar-refractivity contribution in [1.29, 1.82) is 0 Å². The Labute approximate surface area is 238 Å². The average Bonchev–Trinajstić information content (AvgIpc) is 2.96. The molecule has 10 heteroatoms. The van der Waals surface area contributed by atoms with Gasteiger partial charge in [0.2, 0.25) is 5.91 Å². The number of hydrogen-bond donors (Lipinski definition) is 3. The molecular formula is C31H35FN4O5. The number of aliphatic hydroxyl groups is 1. The van der Waals surface area contributed by atoms with Gasteiger partial charge in [0.25, 0.3) is 5.91 Å². The third-order valence-corrected chi connectivity index (χ3v) is 7.05. The van der Waals surface area contributed by atoms with Crippen molar-refractivity contribution in [3.63, 3.8) is 0 Å². The Morgan fingerprint density at radius 2 is 1.76 bits per heavy atom. The van der Waals surface area contributed by atoms with Gasteiger partial charge in [0, 0.05) is 30.9 Å². The van der Waals surface area contributed by atoms with Crippen LogP contribution in [-0.4, -0.2) is 71.6 Å². The molecule has 0 radical (unpaired) electrons. The summed E-state index contributed by atoms with van der Waals surface area (Å²) in [6, 6.07) is 18.8. The van der Waals surface area contributed by atoms with E-state index >= 15 is 0 Å². The molecule has 0 spiro atoms. The minimum Gasteiger partial charge on any atom is -0.487 e. The number of amides is 4. The second kappa shape index (κ2) is 13.3. The summed E-state index contributed by atoms with van der Waals surface area (Å²) in [6.07, 6.45) is -0.320. The number of fused-ring (bicyclic) bond motifs is 1. The van der Waals surface area contributed by atoms with E-state index in [4.69, 9.17) is 4.74 Å². The van der Waals surface area contributed by atoms with Crippen LogP contribution >= 0.6 is 0 Å². The molecule has 3 atom stereocenters. The van der Waals surface area contributed by atoms with Gasteiger partial charge in [-0.1, -0.05) is 37.3 Å². The number of halogens is 1. The molecule has 4 amide bonds. The first-order valence-corrected chi connectivity index (χ1v) is 13.5. The van der Waals surface area contributed by atoms with Crippen LogP contribution < -0.4 is 15.4 Å². The van der Waals surface area contributed by atoms with Crippen molar-refractivity contribution in [2.24, 2.45) is 5.92 Å². The Balaban J connectivity index is 1.54. The molecule has 0 saturated heterocycles. The van der Waals surface area contributed by atoms with Gasteiger partial charge in [-0.25, -0.2) is 9.18 Å². The van der Waals surface area contributed by atoms with E-state index < -0.39 is 24.0 Å². The predicted molar refractivity (Wildman–Crippen MR) is 154 cm³/mol. The molecular weight excluding hydrogens is 527 g/mol. The maximum Gasteiger partial charge on any atom is 0.321 e. The molecule has 0 aliphatic carbocycles.